The first-order chi connectivity index (χ1) is 8.06. The first kappa shape index (κ1) is 12.1. The van der Waals surface area contributed by atoms with Gasteiger partial charge in [-0.3, -0.25) is 0 Å². The number of hydrogen-bond donors (Lipinski definition) is 2. The van der Waals surface area contributed by atoms with Gasteiger partial charge in [0.05, 0.1) is 0 Å². The topological polar surface area (TPSA) is 63.8 Å². The van der Waals surface area contributed by atoms with Crippen LogP contribution in [0, 0.1) is 19.3 Å². The van der Waals surface area contributed by atoms with Crippen molar-refractivity contribution in [2.24, 2.45) is 5.41 Å². The summed E-state index contributed by atoms with van der Waals surface area (Å²) in [7, 11) is 0. The van der Waals surface area contributed by atoms with Crippen molar-refractivity contribution in [2.75, 3.05) is 17.6 Å². The van der Waals surface area contributed by atoms with E-state index in [0.29, 0.717) is 11.2 Å². The second-order valence-electron chi connectivity index (χ2n) is 5.23. The van der Waals surface area contributed by atoms with Crippen LogP contribution in [-0.2, 0) is 0 Å². The highest BCUT2D eigenvalue weighted by Gasteiger charge is 2.41. The number of aryl methyl sites for hydroxylation is 1. The Morgan fingerprint density at radius 1 is 1.29 bits per heavy atom. The molecule has 0 radical (unpaired) electrons. The number of hydrogen-bond acceptors (Lipinski definition) is 4. The van der Waals surface area contributed by atoms with E-state index in [9.17, 15) is 0 Å². The van der Waals surface area contributed by atoms with E-state index in [-0.39, 0.29) is 0 Å². The molecule has 3 N–H and O–H groups in total. The van der Waals surface area contributed by atoms with Crippen LogP contribution in [0.2, 0.25) is 0 Å². The van der Waals surface area contributed by atoms with Gasteiger partial charge in [0.25, 0.3) is 0 Å². The van der Waals surface area contributed by atoms with Crippen LogP contribution >= 0.6 is 0 Å². The van der Waals surface area contributed by atoms with Crippen molar-refractivity contribution in [3.8, 4) is 0 Å². The van der Waals surface area contributed by atoms with Gasteiger partial charge < -0.3 is 11.1 Å². The van der Waals surface area contributed by atoms with E-state index >= 15 is 0 Å². The summed E-state index contributed by atoms with van der Waals surface area (Å²) in [5, 5.41) is 3.45. The molecule has 0 unspecified atom stereocenters. The zero-order valence-corrected chi connectivity index (χ0v) is 11.0. The lowest BCUT2D eigenvalue weighted by molar-refractivity contribution is 0.485. The van der Waals surface area contributed by atoms with Crippen molar-refractivity contribution in [1.29, 1.82) is 0 Å². The van der Waals surface area contributed by atoms with Crippen LogP contribution in [0.1, 0.15) is 44.0 Å². The SMILES string of the molecule is CCCC1(CNc2nc(C)nc(N)c2C)CC1. The Bertz CT molecular complexity index is 410. The molecule has 0 spiro atoms. The molecule has 94 valence electrons. The second-order valence-corrected chi connectivity index (χ2v) is 5.23. The predicted octanol–water partition coefficient (Wildman–Crippen LogP) is 2.67. The van der Waals surface area contributed by atoms with Gasteiger partial charge in [0.1, 0.15) is 17.5 Å². The molecule has 0 amide bonds. The number of anilines is 2. The highest BCUT2D eigenvalue weighted by Crippen LogP contribution is 2.49. The summed E-state index contributed by atoms with van der Waals surface area (Å²) in [4.78, 5) is 8.58. The quantitative estimate of drug-likeness (QED) is 0.822. The van der Waals surface area contributed by atoms with E-state index in [2.05, 4.69) is 22.2 Å². The van der Waals surface area contributed by atoms with Crippen molar-refractivity contribution >= 4 is 11.6 Å². The van der Waals surface area contributed by atoms with Crippen molar-refractivity contribution in [1.82, 2.24) is 9.97 Å². The molecule has 1 heterocycles. The van der Waals surface area contributed by atoms with E-state index in [1.54, 1.807) is 0 Å². The second kappa shape index (κ2) is 4.51. The number of nitrogens with one attached hydrogen (secondary N) is 1. The maximum absolute atomic E-state index is 5.84. The van der Waals surface area contributed by atoms with Gasteiger partial charge in [0.2, 0.25) is 0 Å². The van der Waals surface area contributed by atoms with Crippen LogP contribution in [0.15, 0.2) is 0 Å². The highest BCUT2D eigenvalue weighted by molar-refractivity contribution is 5.54. The number of rotatable bonds is 5. The van der Waals surface area contributed by atoms with Crippen molar-refractivity contribution in [2.45, 2.75) is 46.5 Å². The van der Waals surface area contributed by atoms with E-state index in [1.165, 1.54) is 25.7 Å². The minimum atomic E-state index is 0.523. The number of aromatic nitrogens is 2. The maximum atomic E-state index is 5.84. The summed E-state index contributed by atoms with van der Waals surface area (Å²) in [6.45, 7) is 7.10. The zero-order valence-electron chi connectivity index (χ0n) is 11.0. The van der Waals surface area contributed by atoms with E-state index in [1.807, 2.05) is 13.8 Å². The molecule has 4 heteroatoms. The number of nitrogens with zero attached hydrogens (tertiary/aromatic N) is 2. The molecule has 0 aliphatic heterocycles. The molecule has 17 heavy (non-hydrogen) atoms. The Balaban J connectivity index is 2.04. The fraction of sp³-hybridized carbons (Fsp3) is 0.692. The normalized spacial score (nSPS) is 16.9. The Hall–Kier alpha value is -1.32. The molecule has 1 aliphatic rings. The zero-order chi connectivity index (χ0) is 12.5. The van der Waals surface area contributed by atoms with Crippen LogP contribution < -0.4 is 11.1 Å². The summed E-state index contributed by atoms with van der Waals surface area (Å²) >= 11 is 0. The fourth-order valence-electron chi connectivity index (χ4n) is 2.32. The van der Waals surface area contributed by atoms with Gasteiger partial charge in [0, 0.05) is 12.1 Å². The Morgan fingerprint density at radius 3 is 2.59 bits per heavy atom. The van der Waals surface area contributed by atoms with Gasteiger partial charge in [-0.1, -0.05) is 13.3 Å². The summed E-state index contributed by atoms with van der Waals surface area (Å²) < 4.78 is 0. The molecule has 1 saturated carbocycles. The molecule has 0 bridgehead atoms. The van der Waals surface area contributed by atoms with Crippen LogP contribution in [0.25, 0.3) is 0 Å². The van der Waals surface area contributed by atoms with Gasteiger partial charge in [0.15, 0.2) is 0 Å². The van der Waals surface area contributed by atoms with Crippen LogP contribution in [0.5, 0.6) is 0 Å². The first-order valence-electron chi connectivity index (χ1n) is 6.41. The lowest BCUT2D eigenvalue weighted by Crippen LogP contribution is -2.17. The summed E-state index contributed by atoms with van der Waals surface area (Å²) in [5.41, 5.74) is 7.33. The molecule has 0 saturated heterocycles. The molecule has 1 aromatic rings. The molecular formula is C13H22N4. The van der Waals surface area contributed by atoms with Gasteiger partial charge in [-0.25, -0.2) is 9.97 Å². The molecule has 4 nitrogen and oxygen atoms in total. The average molecular weight is 234 g/mol. The Labute approximate surface area is 103 Å². The molecule has 0 atom stereocenters. The largest absolute Gasteiger partial charge is 0.383 e. The van der Waals surface area contributed by atoms with Crippen molar-refractivity contribution < 1.29 is 0 Å². The minimum absolute atomic E-state index is 0.523. The van der Waals surface area contributed by atoms with E-state index in [4.69, 9.17) is 5.73 Å². The molecule has 2 rings (SSSR count). The lowest BCUT2D eigenvalue weighted by Gasteiger charge is -2.17. The monoisotopic (exact) mass is 234 g/mol. The fourth-order valence-corrected chi connectivity index (χ4v) is 2.32. The Kier molecular flexibility index (Phi) is 3.22. The third-order valence-corrected chi connectivity index (χ3v) is 3.66. The Morgan fingerprint density at radius 2 is 2.00 bits per heavy atom. The molecule has 1 aliphatic carbocycles. The van der Waals surface area contributed by atoms with Crippen molar-refractivity contribution in [3.05, 3.63) is 11.4 Å². The highest BCUT2D eigenvalue weighted by atomic mass is 15.1. The van der Waals surface area contributed by atoms with Crippen LogP contribution in [-0.4, -0.2) is 16.5 Å². The third kappa shape index (κ3) is 2.68. The van der Waals surface area contributed by atoms with E-state index < -0.39 is 0 Å². The number of nitrogen functional groups attached to an aromatic ring is 1. The standard InChI is InChI=1S/C13H22N4/c1-4-5-13(6-7-13)8-15-12-9(2)11(14)16-10(3)17-12/h4-8H2,1-3H3,(H3,14,15,16,17). The smallest absolute Gasteiger partial charge is 0.134 e. The van der Waals surface area contributed by atoms with Crippen LogP contribution in [0.3, 0.4) is 0 Å². The number of nitrogens with two attached hydrogens (primary N) is 1. The summed E-state index contributed by atoms with van der Waals surface area (Å²) in [5.74, 6) is 2.22. The van der Waals surface area contributed by atoms with Gasteiger partial charge in [-0.05, 0) is 38.5 Å². The molecule has 1 aromatic heterocycles. The summed E-state index contributed by atoms with van der Waals surface area (Å²) in [6, 6.07) is 0. The van der Waals surface area contributed by atoms with E-state index in [0.717, 1.165) is 23.8 Å². The minimum Gasteiger partial charge on any atom is -0.383 e. The molecular weight excluding hydrogens is 212 g/mol. The van der Waals surface area contributed by atoms with Gasteiger partial charge in [-0.15, -0.1) is 0 Å². The summed E-state index contributed by atoms with van der Waals surface area (Å²) in [6.07, 6.45) is 5.24. The third-order valence-electron chi connectivity index (χ3n) is 3.66. The maximum Gasteiger partial charge on any atom is 0.134 e. The van der Waals surface area contributed by atoms with Crippen molar-refractivity contribution in [3.63, 3.8) is 0 Å². The first-order valence-corrected chi connectivity index (χ1v) is 6.41. The van der Waals surface area contributed by atoms with Gasteiger partial charge in [-0.2, -0.15) is 0 Å². The lowest BCUT2D eigenvalue weighted by atomic mass is 10.0. The molecule has 0 aromatic carbocycles. The average Bonchev–Trinajstić information content (AvgIpc) is 3.02. The van der Waals surface area contributed by atoms with Crippen LogP contribution in [0.4, 0.5) is 11.6 Å². The predicted molar refractivity (Wildman–Crippen MR) is 71.0 cm³/mol. The molecule has 1 fully saturated rings. The van der Waals surface area contributed by atoms with Gasteiger partial charge >= 0.3 is 0 Å².